The van der Waals surface area contributed by atoms with E-state index in [4.69, 9.17) is 4.74 Å². The maximum absolute atomic E-state index is 5.89. The molecule has 0 spiro atoms. The van der Waals surface area contributed by atoms with E-state index in [1.807, 2.05) is 12.5 Å². The van der Waals surface area contributed by atoms with Crippen molar-refractivity contribution in [3.8, 4) is 0 Å². The summed E-state index contributed by atoms with van der Waals surface area (Å²) in [6.07, 6.45) is 6.73. The number of morpholine rings is 1. The van der Waals surface area contributed by atoms with Crippen molar-refractivity contribution in [3.05, 3.63) is 18.2 Å². The van der Waals surface area contributed by atoms with Crippen molar-refractivity contribution in [2.75, 3.05) is 32.8 Å². The minimum atomic E-state index is 0.294. The summed E-state index contributed by atoms with van der Waals surface area (Å²) < 4.78 is 8.16. The molecule has 2 atom stereocenters. The van der Waals surface area contributed by atoms with Gasteiger partial charge in [0.2, 0.25) is 0 Å². The van der Waals surface area contributed by atoms with Crippen LogP contribution in [0, 0.1) is 0 Å². The Bertz CT molecular complexity index is 400. The number of rotatable bonds is 4. The van der Waals surface area contributed by atoms with E-state index in [2.05, 4.69) is 26.7 Å². The average molecular weight is 264 g/mol. The summed E-state index contributed by atoms with van der Waals surface area (Å²) in [6.45, 7) is 8.32. The highest BCUT2D eigenvalue weighted by Gasteiger charge is 2.23. The monoisotopic (exact) mass is 264 g/mol. The first-order chi connectivity index (χ1) is 9.36. The lowest BCUT2D eigenvalue weighted by atomic mass is 10.1. The standard InChI is InChI=1S/C14H24N4O/c1-2-17-6-7-19-12(9-17)10-18-11-15-8-14(18)13-4-3-5-16-13/h8,11-13,16H,2-7,9-10H2,1H3. The van der Waals surface area contributed by atoms with E-state index in [-0.39, 0.29) is 0 Å². The molecule has 1 aromatic heterocycles. The molecule has 5 nitrogen and oxygen atoms in total. The molecule has 1 aromatic rings. The summed E-state index contributed by atoms with van der Waals surface area (Å²) >= 11 is 0. The van der Waals surface area contributed by atoms with Crippen LogP contribution in [0.1, 0.15) is 31.5 Å². The third-order valence-electron chi connectivity index (χ3n) is 4.23. The van der Waals surface area contributed by atoms with Crippen molar-refractivity contribution in [3.63, 3.8) is 0 Å². The Labute approximate surface area is 114 Å². The van der Waals surface area contributed by atoms with Crippen LogP contribution in [0.5, 0.6) is 0 Å². The van der Waals surface area contributed by atoms with E-state index in [1.165, 1.54) is 18.5 Å². The second-order valence-corrected chi connectivity index (χ2v) is 5.51. The lowest BCUT2D eigenvalue weighted by molar-refractivity contribution is -0.0347. The van der Waals surface area contributed by atoms with Crippen LogP contribution in [0.25, 0.3) is 0 Å². The van der Waals surface area contributed by atoms with Crippen molar-refractivity contribution in [1.82, 2.24) is 19.8 Å². The fourth-order valence-electron chi connectivity index (χ4n) is 3.11. The Morgan fingerprint density at radius 3 is 3.26 bits per heavy atom. The van der Waals surface area contributed by atoms with Gasteiger partial charge in [-0.15, -0.1) is 0 Å². The predicted molar refractivity (Wildman–Crippen MR) is 74.1 cm³/mol. The normalized spacial score (nSPS) is 28.9. The van der Waals surface area contributed by atoms with Gasteiger partial charge in [0.25, 0.3) is 0 Å². The van der Waals surface area contributed by atoms with Gasteiger partial charge in [0.05, 0.1) is 31.3 Å². The molecular weight excluding hydrogens is 240 g/mol. The Morgan fingerprint density at radius 1 is 1.53 bits per heavy atom. The highest BCUT2D eigenvalue weighted by atomic mass is 16.5. The molecule has 2 unspecified atom stereocenters. The molecule has 2 aliphatic rings. The first-order valence-corrected chi connectivity index (χ1v) is 7.44. The van der Waals surface area contributed by atoms with Crippen molar-refractivity contribution in [2.45, 2.75) is 38.5 Å². The SMILES string of the molecule is CCN1CCOC(Cn2cncc2C2CCCN2)C1. The molecule has 19 heavy (non-hydrogen) atoms. The fraction of sp³-hybridized carbons (Fsp3) is 0.786. The molecule has 2 fully saturated rings. The summed E-state index contributed by atoms with van der Waals surface area (Å²) in [4.78, 5) is 6.78. The lowest BCUT2D eigenvalue weighted by Gasteiger charge is -2.32. The van der Waals surface area contributed by atoms with Gasteiger partial charge in [-0.2, -0.15) is 0 Å². The maximum atomic E-state index is 5.89. The molecule has 106 valence electrons. The molecule has 0 amide bonds. The van der Waals surface area contributed by atoms with Gasteiger partial charge < -0.3 is 14.6 Å². The van der Waals surface area contributed by atoms with Crippen LogP contribution in [0.2, 0.25) is 0 Å². The van der Waals surface area contributed by atoms with Gasteiger partial charge in [-0.25, -0.2) is 4.98 Å². The van der Waals surface area contributed by atoms with Crippen molar-refractivity contribution in [2.24, 2.45) is 0 Å². The number of likely N-dealkylation sites (N-methyl/N-ethyl adjacent to an activating group) is 1. The summed E-state index contributed by atoms with van der Waals surface area (Å²) in [5.41, 5.74) is 1.31. The fourth-order valence-corrected chi connectivity index (χ4v) is 3.11. The summed E-state index contributed by atoms with van der Waals surface area (Å²) in [6, 6.07) is 0.480. The van der Waals surface area contributed by atoms with Gasteiger partial charge in [0.15, 0.2) is 0 Å². The molecule has 0 radical (unpaired) electrons. The Morgan fingerprint density at radius 2 is 2.47 bits per heavy atom. The number of ether oxygens (including phenoxy) is 1. The van der Waals surface area contributed by atoms with Crippen LogP contribution in [-0.2, 0) is 11.3 Å². The molecule has 0 saturated carbocycles. The highest BCUT2D eigenvalue weighted by Crippen LogP contribution is 2.23. The molecule has 3 rings (SSSR count). The molecule has 2 saturated heterocycles. The maximum Gasteiger partial charge on any atom is 0.0949 e. The largest absolute Gasteiger partial charge is 0.374 e. The summed E-state index contributed by atoms with van der Waals surface area (Å²) in [5, 5.41) is 3.54. The number of imidazole rings is 1. The second-order valence-electron chi connectivity index (χ2n) is 5.51. The lowest BCUT2D eigenvalue weighted by Crippen LogP contribution is -2.44. The third kappa shape index (κ3) is 2.99. The van der Waals surface area contributed by atoms with E-state index in [0.717, 1.165) is 39.3 Å². The van der Waals surface area contributed by atoms with Crippen LogP contribution < -0.4 is 5.32 Å². The molecule has 0 bridgehead atoms. The second kappa shape index (κ2) is 6.03. The first kappa shape index (κ1) is 13.1. The van der Waals surface area contributed by atoms with Crippen molar-refractivity contribution < 1.29 is 4.74 Å². The van der Waals surface area contributed by atoms with Gasteiger partial charge in [0, 0.05) is 25.3 Å². The molecule has 3 heterocycles. The molecule has 5 heteroatoms. The minimum absolute atomic E-state index is 0.294. The van der Waals surface area contributed by atoms with Crippen LogP contribution >= 0.6 is 0 Å². The zero-order valence-electron chi connectivity index (χ0n) is 11.7. The summed E-state index contributed by atoms with van der Waals surface area (Å²) in [5.74, 6) is 0. The molecule has 0 aliphatic carbocycles. The number of hydrogen-bond donors (Lipinski definition) is 1. The molecule has 2 aliphatic heterocycles. The smallest absolute Gasteiger partial charge is 0.0949 e. The van der Waals surface area contributed by atoms with Crippen molar-refractivity contribution in [1.29, 1.82) is 0 Å². The number of aromatic nitrogens is 2. The van der Waals surface area contributed by atoms with E-state index in [9.17, 15) is 0 Å². The van der Waals surface area contributed by atoms with Gasteiger partial charge >= 0.3 is 0 Å². The van der Waals surface area contributed by atoms with Gasteiger partial charge in [0.1, 0.15) is 0 Å². The van der Waals surface area contributed by atoms with E-state index in [0.29, 0.717) is 12.1 Å². The number of nitrogens with zero attached hydrogens (tertiary/aromatic N) is 3. The van der Waals surface area contributed by atoms with Crippen LogP contribution in [0.15, 0.2) is 12.5 Å². The van der Waals surface area contributed by atoms with Gasteiger partial charge in [-0.1, -0.05) is 6.92 Å². The Balaban J connectivity index is 1.64. The molecule has 1 N–H and O–H groups in total. The molecular formula is C14H24N4O. The Hall–Kier alpha value is -0.910. The van der Waals surface area contributed by atoms with Crippen LogP contribution in [0.3, 0.4) is 0 Å². The minimum Gasteiger partial charge on any atom is -0.374 e. The van der Waals surface area contributed by atoms with Crippen LogP contribution in [-0.4, -0.2) is 53.3 Å². The quantitative estimate of drug-likeness (QED) is 0.882. The van der Waals surface area contributed by atoms with E-state index in [1.54, 1.807) is 0 Å². The molecule has 0 aromatic carbocycles. The topological polar surface area (TPSA) is 42.3 Å². The third-order valence-corrected chi connectivity index (χ3v) is 4.23. The zero-order chi connectivity index (χ0) is 13.1. The average Bonchev–Trinajstić information content (AvgIpc) is 3.09. The predicted octanol–water partition coefficient (Wildman–Crippen LogP) is 1.03. The van der Waals surface area contributed by atoms with E-state index < -0.39 is 0 Å². The van der Waals surface area contributed by atoms with Crippen molar-refractivity contribution >= 4 is 0 Å². The first-order valence-electron chi connectivity index (χ1n) is 7.44. The van der Waals surface area contributed by atoms with Gasteiger partial charge in [-0.3, -0.25) is 4.90 Å². The van der Waals surface area contributed by atoms with Gasteiger partial charge in [-0.05, 0) is 25.9 Å². The summed E-state index contributed by atoms with van der Waals surface area (Å²) in [7, 11) is 0. The van der Waals surface area contributed by atoms with E-state index >= 15 is 0 Å². The highest BCUT2D eigenvalue weighted by molar-refractivity contribution is 5.07. The number of nitrogens with one attached hydrogen (secondary N) is 1. The number of hydrogen-bond acceptors (Lipinski definition) is 4. The Kier molecular flexibility index (Phi) is 4.15. The van der Waals surface area contributed by atoms with Crippen LogP contribution in [0.4, 0.5) is 0 Å². The zero-order valence-corrected chi connectivity index (χ0v) is 11.7.